The van der Waals surface area contributed by atoms with E-state index in [1.54, 1.807) is 18.4 Å². The van der Waals surface area contributed by atoms with E-state index in [1.807, 2.05) is 25.1 Å². The molecule has 1 unspecified atom stereocenters. The summed E-state index contributed by atoms with van der Waals surface area (Å²) in [6.45, 7) is 5.51. The van der Waals surface area contributed by atoms with Gasteiger partial charge in [-0.3, -0.25) is 0 Å². The van der Waals surface area contributed by atoms with E-state index in [0.29, 0.717) is 6.61 Å². The monoisotopic (exact) mass is 388 g/mol. The first-order valence-electron chi connectivity index (χ1n) is 6.64. The fraction of sp³-hybridized carbons (Fsp3) is 0.400. The smallest absolute Gasteiger partial charge is 0.115 e. The second-order valence-electron chi connectivity index (χ2n) is 4.74. The van der Waals surface area contributed by atoms with Crippen LogP contribution in [0.5, 0.6) is 0 Å². The zero-order valence-electron chi connectivity index (χ0n) is 12.2. The van der Waals surface area contributed by atoms with Crippen molar-refractivity contribution >= 4 is 38.9 Å². The van der Waals surface area contributed by atoms with Crippen LogP contribution in [-0.4, -0.2) is 25.2 Å². The molecule has 0 fully saturated rings. The third-order valence-electron chi connectivity index (χ3n) is 3.22. The zero-order valence-corrected chi connectivity index (χ0v) is 15.4. The topological polar surface area (TPSA) is 34.1 Å². The van der Waals surface area contributed by atoms with Crippen LogP contribution in [0.1, 0.15) is 27.2 Å². The van der Waals surface area contributed by atoms with Crippen LogP contribution in [0.4, 0.5) is 0 Å². The largest absolute Gasteiger partial charge is 0.383 e. The van der Waals surface area contributed by atoms with Crippen LogP contribution in [0.2, 0.25) is 5.02 Å². The summed E-state index contributed by atoms with van der Waals surface area (Å²) in [6, 6.07) is 5.93. The molecule has 6 heteroatoms. The lowest BCUT2D eigenvalue weighted by atomic mass is 10.1. The van der Waals surface area contributed by atoms with Crippen molar-refractivity contribution < 1.29 is 4.74 Å². The molecule has 0 spiro atoms. The van der Waals surface area contributed by atoms with Crippen LogP contribution in [0, 0.1) is 13.8 Å². The van der Waals surface area contributed by atoms with E-state index in [4.69, 9.17) is 16.3 Å². The Labute approximate surface area is 142 Å². The molecule has 3 nitrogen and oxygen atoms in total. The van der Waals surface area contributed by atoms with Crippen molar-refractivity contribution in [2.75, 3.05) is 20.3 Å². The SMILES string of the molecule is COCCNC(c1nc(C)c(C)s1)c1ccc(Br)cc1Cl. The van der Waals surface area contributed by atoms with Gasteiger partial charge in [-0.15, -0.1) is 11.3 Å². The Morgan fingerprint density at radius 1 is 1.43 bits per heavy atom. The first kappa shape index (κ1) is 16.9. The quantitative estimate of drug-likeness (QED) is 0.739. The van der Waals surface area contributed by atoms with Crippen LogP contribution in [0.15, 0.2) is 22.7 Å². The molecule has 21 heavy (non-hydrogen) atoms. The fourth-order valence-corrected chi connectivity index (χ4v) is 3.79. The van der Waals surface area contributed by atoms with E-state index in [0.717, 1.165) is 32.3 Å². The summed E-state index contributed by atoms with van der Waals surface area (Å²) in [5.41, 5.74) is 2.10. The number of aryl methyl sites for hydroxylation is 2. The third-order valence-corrected chi connectivity index (χ3v) is 5.18. The van der Waals surface area contributed by atoms with Gasteiger partial charge in [0.05, 0.1) is 18.3 Å². The highest BCUT2D eigenvalue weighted by Crippen LogP contribution is 2.33. The number of hydrogen-bond acceptors (Lipinski definition) is 4. The Balaban J connectivity index is 2.35. The average molecular weight is 390 g/mol. The average Bonchev–Trinajstić information content (AvgIpc) is 2.76. The molecule has 0 aliphatic heterocycles. The lowest BCUT2D eigenvalue weighted by Crippen LogP contribution is -2.26. The van der Waals surface area contributed by atoms with Crippen LogP contribution in [0.25, 0.3) is 0 Å². The van der Waals surface area contributed by atoms with E-state index in [1.165, 1.54) is 4.88 Å². The van der Waals surface area contributed by atoms with Crippen LogP contribution in [-0.2, 0) is 4.74 Å². The normalized spacial score (nSPS) is 12.6. The van der Waals surface area contributed by atoms with E-state index in [-0.39, 0.29) is 6.04 Å². The molecule has 0 aliphatic rings. The molecule has 0 saturated heterocycles. The van der Waals surface area contributed by atoms with E-state index >= 15 is 0 Å². The Morgan fingerprint density at radius 2 is 2.19 bits per heavy atom. The van der Waals surface area contributed by atoms with Gasteiger partial charge in [-0.25, -0.2) is 4.98 Å². The number of halogens is 2. The van der Waals surface area contributed by atoms with Gasteiger partial charge in [0.15, 0.2) is 0 Å². The molecule has 2 rings (SSSR count). The molecule has 114 valence electrons. The standard InChI is InChI=1S/C15H18BrClN2OS/c1-9-10(2)21-15(19-9)14(18-6-7-20-3)12-5-4-11(16)8-13(12)17/h4-5,8,14,18H,6-7H2,1-3H3. The number of methoxy groups -OCH3 is 1. The maximum atomic E-state index is 6.41. The Hall–Kier alpha value is -0.460. The van der Waals surface area contributed by atoms with Crippen molar-refractivity contribution in [3.05, 3.63) is 48.8 Å². The van der Waals surface area contributed by atoms with Crippen LogP contribution >= 0.6 is 38.9 Å². The first-order valence-corrected chi connectivity index (χ1v) is 8.63. The lowest BCUT2D eigenvalue weighted by molar-refractivity contribution is 0.197. The maximum Gasteiger partial charge on any atom is 0.115 e. The molecule has 1 heterocycles. The highest BCUT2D eigenvalue weighted by atomic mass is 79.9. The number of ether oxygens (including phenoxy) is 1. The number of rotatable bonds is 6. The summed E-state index contributed by atoms with van der Waals surface area (Å²) in [5, 5.41) is 5.24. The molecule has 2 aromatic rings. The van der Waals surface area contributed by atoms with Crippen molar-refractivity contribution in [3.63, 3.8) is 0 Å². The van der Waals surface area contributed by atoms with Gasteiger partial charge < -0.3 is 10.1 Å². The lowest BCUT2D eigenvalue weighted by Gasteiger charge is -2.18. The summed E-state index contributed by atoms with van der Waals surface area (Å²) in [5.74, 6) is 0. The van der Waals surface area contributed by atoms with Crippen LogP contribution in [0.3, 0.4) is 0 Å². The minimum absolute atomic E-state index is 0.0156. The molecule has 0 bridgehead atoms. The molecule has 1 aromatic heterocycles. The Kier molecular flexibility index (Phi) is 6.20. The molecule has 0 radical (unpaired) electrons. The van der Waals surface area contributed by atoms with Crippen molar-refractivity contribution in [2.24, 2.45) is 0 Å². The fourth-order valence-electron chi connectivity index (χ4n) is 1.99. The van der Waals surface area contributed by atoms with Crippen molar-refractivity contribution in [1.82, 2.24) is 10.3 Å². The third kappa shape index (κ3) is 4.27. The molecular formula is C15H18BrClN2OS. The first-order chi connectivity index (χ1) is 10.0. The second-order valence-corrected chi connectivity index (χ2v) is 7.30. The van der Waals surface area contributed by atoms with E-state index in [9.17, 15) is 0 Å². The van der Waals surface area contributed by atoms with E-state index < -0.39 is 0 Å². The molecule has 0 saturated carbocycles. The maximum absolute atomic E-state index is 6.41. The van der Waals surface area contributed by atoms with Gasteiger partial charge >= 0.3 is 0 Å². The van der Waals surface area contributed by atoms with Gasteiger partial charge in [-0.05, 0) is 31.5 Å². The summed E-state index contributed by atoms with van der Waals surface area (Å²) in [4.78, 5) is 5.91. The molecule has 0 amide bonds. The minimum Gasteiger partial charge on any atom is -0.383 e. The van der Waals surface area contributed by atoms with Gasteiger partial charge in [-0.2, -0.15) is 0 Å². The Bertz CT molecular complexity index is 598. The summed E-state index contributed by atoms with van der Waals surface area (Å²) < 4.78 is 6.09. The highest BCUT2D eigenvalue weighted by molar-refractivity contribution is 9.10. The summed E-state index contributed by atoms with van der Waals surface area (Å²) in [7, 11) is 1.70. The molecule has 1 aromatic carbocycles. The van der Waals surface area contributed by atoms with Crippen molar-refractivity contribution in [1.29, 1.82) is 0 Å². The highest BCUT2D eigenvalue weighted by Gasteiger charge is 2.20. The summed E-state index contributed by atoms with van der Waals surface area (Å²) in [6.07, 6.45) is 0. The van der Waals surface area contributed by atoms with Crippen molar-refractivity contribution in [3.8, 4) is 0 Å². The number of nitrogens with one attached hydrogen (secondary N) is 1. The van der Waals surface area contributed by atoms with Gasteiger partial charge in [-0.1, -0.05) is 33.6 Å². The summed E-state index contributed by atoms with van der Waals surface area (Å²) >= 11 is 11.6. The molecule has 1 N–H and O–H groups in total. The van der Waals surface area contributed by atoms with Gasteiger partial charge in [0.25, 0.3) is 0 Å². The van der Waals surface area contributed by atoms with Gasteiger partial charge in [0, 0.05) is 28.0 Å². The predicted octanol–water partition coefficient (Wildman–Crippen LogP) is 4.50. The predicted molar refractivity (Wildman–Crippen MR) is 92.5 cm³/mol. The van der Waals surface area contributed by atoms with Crippen LogP contribution < -0.4 is 5.32 Å². The second kappa shape index (κ2) is 7.70. The zero-order chi connectivity index (χ0) is 15.4. The number of benzene rings is 1. The van der Waals surface area contributed by atoms with Gasteiger partial charge in [0.1, 0.15) is 5.01 Å². The molecular weight excluding hydrogens is 372 g/mol. The number of hydrogen-bond donors (Lipinski definition) is 1. The number of thiazole rings is 1. The Morgan fingerprint density at radius 3 is 2.76 bits per heavy atom. The van der Waals surface area contributed by atoms with Crippen molar-refractivity contribution in [2.45, 2.75) is 19.9 Å². The molecule has 1 atom stereocenters. The minimum atomic E-state index is -0.0156. The molecule has 0 aliphatic carbocycles. The number of nitrogens with zero attached hydrogens (tertiary/aromatic N) is 1. The van der Waals surface area contributed by atoms with Gasteiger partial charge in [0.2, 0.25) is 0 Å². The number of aromatic nitrogens is 1. The van der Waals surface area contributed by atoms with E-state index in [2.05, 4.69) is 33.2 Å².